The molecule has 0 aliphatic heterocycles. The Hall–Kier alpha value is -5.08. The summed E-state index contributed by atoms with van der Waals surface area (Å²) in [6, 6.07) is 45.1. The van der Waals surface area contributed by atoms with E-state index in [2.05, 4.69) is 149 Å². The zero-order valence-electron chi connectivity index (χ0n) is 25.5. The lowest BCUT2D eigenvalue weighted by Crippen LogP contribution is -2.30. The first-order valence-electron chi connectivity index (χ1n) is 16.5. The Morgan fingerprint density at radius 1 is 0.622 bits per heavy atom. The van der Waals surface area contributed by atoms with Crippen LogP contribution in [0.5, 0.6) is 0 Å². The van der Waals surface area contributed by atoms with E-state index in [1.165, 1.54) is 68.5 Å². The number of aromatic nitrogens is 1. The normalized spacial score (nSPS) is 18.3. The van der Waals surface area contributed by atoms with Crippen molar-refractivity contribution in [2.45, 2.75) is 43.9 Å². The Balaban J connectivity index is 1.13. The number of hydrogen-bond donors (Lipinski definition) is 1. The average Bonchev–Trinajstić information content (AvgIpc) is 3.60. The van der Waals surface area contributed by atoms with E-state index >= 15 is 0 Å². The molecule has 0 saturated heterocycles. The van der Waals surface area contributed by atoms with Crippen molar-refractivity contribution in [2.75, 3.05) is 5.32 Å². The van der Waals surface area contributed by atoms with E-state index in [9.17, 15) is 0 Å². The van der Waals surface area contributed by atoms with Crippen molar-refractivity contribution in [1.29, 1.82) is 0 Å². The highest BCUT2D eigenvalue weighted by Crippen LogP contribution is 2.58. The summed E-state index contributed by atoms with van der Waals surface area (Å²) in [4.78, 5) is 0. The number of nitrogens with zero attached hydrogens (tertiary/aromatic N) is 1. The van der Waals surface area contributed by atoms with Crippen LogP contribution in [0.1, 0.15) is 60.1 Å². The molecule has 0 bridgehead atoms. The molecule has 1 atom stereocenters. The van der Waals surface area contributed by atoms with Crippen LogP contribution in [0.25, 0.3) is 33.8 Å². The van der Waals surface area contributed by atoms with Crippen molar-refractivity contribution in [1.82, 2.24) is 4.57 Å². The number of nitrogens with one attached hydrogen (secondary N) is 1. The fraction of sp³-hybridized carbons (Fsp3) is 0.163. The van der Waals surface area contributed by atoms with Gasteiger partial charge in [-0.25, -0.2) is 0 Å². The molecule has 1 heterocycles. The third kappa shape index (κ3) is 4.02. The minimum Gasteiger partial charge on any atom is -0.356 e. The quantitative estimate of drug-likeness (QED) is 0.201. The topological polar surface area (TPSA) is 17.0 Å². The summed E-state index contributed by atoms with van der Waals surface area (Å²) in [5, 5.41) is 5.12. The highest BCUT2D eigenvalue weighted by molar-refractivity contribution is 5.93. The molecule has 0 saturated carbocycles. The molecule has 0 radical (unpaired) electrons. The third-order valence-electron chi connectivity index (χ3n) is 10.3. The Bertz CT molecular complexity index is 2130. The first-order chi connectivity index (χ1) is 22.3. The number of benzene rings is 5. The first kappa shape index (κ1) is 26.3. The SMILES string of the molecule is C1=Cc2c(n(-c3ccc(Nc4ccc5c(c4)C(C4=CCCCC4)(c4ccccc4)c4ccccc4-5)cc3)c3ccccc23)CC1. The molecule has 5 aromatic carbocycles. The van der Waals surface area contributed by atoms with Crippen LogP contribution in [0.3, 0.4) is 0 Å². The van der Waals surface area contributed by atoms with E-state index in [4.69, 9.17) is 0 Å². The van der Waals surface area contributed by atoms with E-state index in [0.29, 0.717) is 0 Å². The Kier molecular flexibility index (Phi) is 6.16. The molecule has 0 fully saturated rings. The summed E-state index contributed by atoms with van der Waals surface area (Å²) in [6.07, 6.45) is 14.1. The molecule has 1 aromatic heterocycles. The third-order valence-corrected chi connectivity index (χ3v) is 10.3. The zero-order valence-corrected chi connectivity index (χ0v) is 25.5. The lowest BCUT2D eigenvalue weighted by atomic mass is 9.65. The summed E-state index contributed by atoms with van der Waals surface area (Å²) < 4.78 is 2.46. The van der Waals surface area contributed by atoms with Gasteiger partial charge in [0, 0.05) is 33.7 Å². The van der Waals surface area contributed by atoms with Crippen LogP contribution in [-0.2, 0) is 11.8 Å². The van der Waals surface area contributed by atoms with Gasteiger partial charge in [0.2, 0.25) is 0 Å². The van der Waals surface area contributed by atoms with E-state index in [1.54, 1.807) is 5.57 Å². The molecule has 1 unspecified atom stereocenters. The van der Waals surface area contributed by atoms with Gasteiger partial charge in [-0.2, -0.15) is 0 Å². The van der Waals surface area contributed by atoms with Gasteiger partial charge < -0.3 is 9.88 Å². The molecule has 1 N–H and O–H groups in total. The second-order valence-electron chi connectivity index (χ2n) is 12.7. The summed E-state index contributed by atoms with van der Waals surface area (Å²) in [6.45, 7) is 0. The van der Waals surface area contributed by atoms with Crippen LogP contribution in [0, 0.1) is 0 Å². The summed E-state index contributed by atoms with van der Waals surface area (Å²) in [7, 11) is 0. The molecular formula is C43H36N2. The zero-order chi connectivity index (χ0) is 29.8. The van der Waals surface area contributed by atoms with Gasteiger partial charge in [-0.3, -0.25) is 0 Å². The van der Waals surface area contributed by atoms with Gasteiger partial charge in [0.15, 0.2) is 0 Å². The molecule has 3 aliphatic rings. The summed E-state index contributed by atoms with van der Waals surface area (Å²) in [5.41, 5.74) is 15.6. The summed E-state index contributed by atoms with van der Waals surface area (Å²) >= 11 is 0. The Morgan fingerprint density at radius 3 is 2.27 bits per heavy atom. The second kappa shape index (κ2) is 10.5. The molecule has 6 aromatic rings. The van der Waals surface area contributed by atoms with Crippen molar-refractivity contribution in [2.24, 2.45) is 0 Å². The molecule has 45 heavy (non-hydrogen) atoms. The van der Waals surface area contributed by atoms with Crippen LogP contribution >= 0.6 is 0 Å². The second-order valence-corrected chi connectivity index (χ2v) is 12.7. The standard InChI is InChI=1S/C43H36N2/c1-3-13-30(14-4-1)43(31-15-5-2-6-16-31)39-20-10-7-17-35(39)36-28-25-33(29-40(36)43)44-32-23-26-34(27-24-32)45-41-21-11-8-18-37(41)38-19-9-12-22-42(38)45/h1,3-4,7-11,13-15,17-21,23-29,44H,2,5-6,12,16,22H2. The maximum Gasteiger partial charge on any atom is 0.0674 e. The van der Waals surface area contributed by atoms with Gasteiger partial charge in [-0.15, -0.1) is 0 Å². The number of anilines is 2. The lowest BCUT2D eigenvalue weighted by Gasteiger charge is -2.37. The minimum atomic E-state index is -0.266. The largest absolute Gasteiger partial charge is 0.356 e. The van der Waals surface area contributed by atoms with E-state index in [1.807, 2.05) is 0 Å². The molecule has 3 aliphatic carbocycles. The number of para-hydroxylation sites is 1. The smallest absolute Gasteiger partial charge is 0.0674 e. The Labute approximate surface area is 265 Å². The van der Waals surface area contributed by atoms with Crippen molar-refractivity contribution >= 4 is 28.4 Å². The number of rotatable bonds is 5. The van der Waals surface area contributed by atoms with Crippen molar-refractivity contribution in [3.63, 3.8) is 0 Å². The van der Waals surface area contributed by atoms with Gasteiger partial charge in [-0.1, -0.05) is 103 Å². The van der Waals surface area contributed by atoms with Crippen molar-refractivity contribution in [3.05, 3.63) is 167 Å². The van der Waals surface area contributed by atoms with E-state index in [-0.39, 0.29) is 5.41 Å². The molecule has 2 nitrogen and oxygen atoms in total. The molecule has 0 spiro atoms. The van der Waals surface area contributed by atoms with Crippen LogP contribution in [-0.4, -0.2) is 4.57 Å². The van der Waals surface area contributed by atoms with Crippen LogP contribution in [0.4, 0.5) is 11.4 Å². The maximum absolute atomic E-state index is 3.78. The predicted octanol–water partition coefficient (Wildman–Crippen LogP) is 11.1. The van der Waals surface area contributed by atoms with Gasteiger partial charge in [0.05, 0.1) is 10.9 Å². The molecule has 9 rings (SSSR count). The Morgan fingerprint density at radius 2 is 1.40 bits per heavy atom. The van der Waals surface area contributed by atoms with E-state index in [0.717, 1.165) is 37.1 Å². The number of fused-ring (bicyclic) bond motifs is 6. The van der Waals surface area contributed by atoms with Crippen molar-refractivity contribution in [3.8, 4) is 16.8 Å². The highest BCUT2D eigenvalue weighted by Gasteiger charge is 2.47. The first-order valence-corrected chi connectivity index (χ1v) is 16.5. The van der Waals surface area contributed by atoms with Crippen LogP contribution < -0.4 is 5.32 Å². The predicted molar refractivity (Wildman–Crippen MR) is 189 cm³/mol. The maximum atomic E-state index is 3.78. The molecular weight excluding hydrogens is 544 g/mol. The summed E-state index contributed by atoms with van der Waals surface area (Å²) in [5.74, 6) is 0. The van der Waals surface area contributed by atoms with Crippen LogP contribution in [0.2, 0.25) is 0 Å². The fourth-order valence-electron chi connectivity index (χ4n) is 8.39. The van der Waals surface area contributed by atoms with E-state index < -0.39 is 0 Å². The van der Waals surface area contributed by atoms with Gasteiger partial charge in [0.25, 0.3) is 0 Å². The van der Waals surface area contributed by atoms with Gasteiger partial charge >= 0.3 is 0 Å². The molecule has 2 heteroatoms. The number of allylic oxidation sites excluding steroid dienone is 3. The average molecular weight is 581 g/mol. The van der Waals surface area contributed by atoms with Gasteiger partial charge in [0.1, 0.15) is 0 Å². The molecule has 218 valence electrons. The highest BCUT2D eigenvalue weighted by atomic mass is 15.0. The molecule has 0 amide bonds. The van der Waals surface area contributed by atoms with Gasteiger partial charge in [-0.05, 0) is 109 Å². The minimum absolute atomic E-state index is 0.266. The lowest BCUT2D eigenvalue weighted by molar-refractivity contribution is 0.613. The van der Waals surface area contributed by atoms with Crippen molar-refractivity contribution < 1.29 is 0 Å². The van der Waals surface area contributed by atoms with Crippen LogP contribution in [0.15, 0.2) is 139 Å². The number of hydrogen-bond acceptors (Lipinski definition) is 1. The fourth-order valence-corrected chi connectivity index (χ4v) is 8.39. The monoisotopic (exact) mass is 580 g/mol.